The van der Waals surface area contributed by atoms with Crippen LogP contribution < -0.4 is 0 Å². The summed E-state index contributed by atoms with van der Waals surface area (Å²) in [5.74, 6) is 0. The molecular formula is C6H12ClNO3. The lowest BCUT2D eigenvalue weighted by molar-refractivity contribution is -0.543. The van der Waals surface area contributed by atoms with Gasteiger partial charge in [-0.25, -0.2) is 0 Å². The maximum absolute atomic E-state index is 10.4. The Morgan fingerprint density at radius 1 is 1.73 bits per heavy atom. The molecule has 0 rings (SSSR count). The van der Waals surface area contributed by atoms with E-state index >= 15 is 0 Å². The lowest BCUT2D eigenvalue weighted by Gasteiger charge is -2.14. The second-order valence-electron chi connectivity index (χ2n) is 2.36. The van der Waals surface area contributed by atoms with Crippen molar-refractivity contribution in [1.29, 1.82) is 0 Å². The highest BCUT2D eigenvalue weighted by Crippen LogP contribution is 2.25. The number of aliphatic hydroxyl groups is 1. The quantitative estimate of drug-likeness (QED) is 0.302. The van der Waals surface area contributed by atoms with E-state index in [1.165, 1.54) is 0 Å². The molecule has 1 atom stereocenters. The van der Waals surface area contributed by atoms with Gasteiger partial charge in [-0.1, -0.05) is 6.92 Å². The maximum Gasteiger partial charge on any atom is 0.294 e. The molecule has 1 unspecified atom stereocenters. The van der Waals surface area contributed by atoms with Gasteiger partial charge in [0.25, 0.3) is 5.00 Å². The Hall–Kier alpha value is -0.350. The van der Waals surface area contributed by atoms with Gasteiger partial charge in [-0.2, -0.15) is 0 Å². The van der Waals surface area contributed by atoms with Crippen molar-refractivity contribution in [2.45, 2.75) is 31.2 Å². The maximum atomic E-state index is 10.4. The van der Waals surface area contributed by atoms with Crippen molar-refractivity contribution in [1.82, 2.24) is 0 Å². The van der Waals surface area contributed by atoms with Crippen molar-refractivity contribution < 1.29 is 10.0 Å². The molecule has 0 fully saturated rings. The molecule has 66 valence electrons. The molecule has 0 aromatic heterocycles. The van der Waals surface area contributed by atoms with Crippen molar-refractivity contribution in [2.24, 2.45) is 0 Å². The van der Waals surface area contributed by atoms with Gasteiger partial charge in [-0.3, -0.25) is 10.1 Å². The number of nitro groups is 1. The molecule has 0 radical (unpaired) electrons. The van der Waals surface area contributed by atoms with E-state index in [1.807, 2.05) is 0 Å². The van der Waals surface area contributed by atoms with E-state index in [1.54, 1.807) is 6.92 Å². The minimum absolute atomic E-state index is 0.0533. The normalized spacial score (nSPS) is 15.9. The molecule has 0 aliphatic rings. The summed E-state index contributed by atoms with van der Waals surface area (Å²) in [5.41, 5.74) is 0. The average molecular weight is 182 g/mol. The van der Waals surface area contributed by atoms with E-state index in [9.17, 15) is 10.1 Å². The molecule has 0 saturated heterocycles. The van der Waals surface area contributed by atoms with Gasteiger partial charge >= 0.3 is 0 Å². The topological polar surface area (TPSA) is 63.4 Å². The monoisotopic (exact) mass is 181 g/mol. The van der Waals surface area contributed by atoms with Gasteiger partial charge in [0.1, 0.15) is 0 Å². The number of nitrogens with zero attached hydrogens (tertiary/aromatic N) is 1. The summed E-state index contributed by atoms with van der Waals surface area (Å²) in [6, 6.07) is 0. The van der Waals surface area contributed by atoms with Gasteiger partial charge in [-0.15, -0.1) is 0 Å². The zero-order valence-electron chi connectivity index (χ0n) is 6.42. The Morgan fingerprint density at radius 2 is 2.27 bits per heavy atom. The van der Waals surface area contributed by atoms with E-state index < -0.39 is 9.92 Å². The summed E-state index contributed by atoms with van der Waals surface area (Å²) in [6.45, 7) is 1.61. The molecule has 1 N–H and O–H groups in total. The van der Waals surface area contributed by atoms with Gasteiger partial charge in [0, 0.05) is 24.4 Å². The van der Waals surface area contributed by atoms with Crippen LogP contribution in [0.1, 0.15) is 26.2 Å². The summed E-state index contributed by atoms with van der Waals surface area (Å²) in [6.07, 6.45) is 0.869. The van der Waals surface area contributed by atoms with Crippen LogP contribution in [0, 0.1) is 10.1 Å². The number of alkyl halides is 1. The lowest BCUT2D eigenvalue weighted by atomic mass is 10.1. The molecular weight excluding hydrogens is 170 g/mol. The van der Waals surface area contributed by atoms with Crippen LogP contribution in [0.2, 0.25) is 0 Å². The molecule has 0 heterocycles. The van der Waals surface area contributed by atoms with Crippen molar-refractivity contribution >= 4 is 11.6 Å². The first-order chi connectivity index (χ1) is 5.06. The second kappa shape index (κ2) is 4.51. The first-order valence-electron chi connectivity index (χ1n) is 3.51. The van der Waals surface area contributed by atoms with Crippen molar-refractivity contribution in [3.05, 3.63) is 10.1 Å². The smallest absolute Gasteiger partial charge is 0.294 e. The third-order valence-electron chi connectivity index (χ3n) is 1.59. The van der Waals surface area contributed by atoms with Crippen LogP contribution in [-0.2, 0) is 0 Å². The van der Waals surface area contributed by atoms with Crippen LogP contribution in [0.25, 0.3) is 0 Å². The predicted octanol–water partition coefficient (Wildman–Crippen LogP) is 1.38. The number of hydrogen-bond donors (Lipinski definition) is 1. The Kier molecular flexibility index (Phi) is 4.37. The first-order valence-corrected chi connectivity index (χ1v) is 3.89. The molecule has 4 nitrogen and oxygen atoms in total. The second-order valence-corrected chi connectivity index (χ2v) is 3.06. The highest BCUT2D eigenvalue weighted by Gasteiger charge is 2.37. The standard InChI is InChI=1S/C6H12ClNO3/c1-2-6(7,8(10)11)4-3-5-9/h9H,2-5H2,1H3. The van der Waals surface area contributed by atoms with Crippen LogP contribution in [0.4, 0.5) is 0 Å². The fraction of sp³-hybridized carbons (Fsp3) is 1.00. The summed E-state index contributed by atoms with van der Waals surface area (Å²) < 4.78 is 0. The minimum atomic E-state index is -1.37. The van der Waals surface area contributed by atoms with E-state index in [-0.39, 0.29) is 19.4 Å². The highest BCUT2D eigenvalue weighted by molar-refractivity contribution is 6.22. The van der Waals surface area contributed by atoms with Crippen LogP contribution in [0.15, 0.2) is 0 Å². The van der Waals surface area contributed by atoms with E-state index in [4.69, 9.17) is 16.7 Å². The molecule has 0 aromatic carbocycles. The van der Waals surface area contributed by atoms with E-state index in [2.05, 4.69) is 0 Å². The number of hydrogen-bond acceptors (Lipinski definition) is 3. The first kappa shape index (κ1) is 10.7. The lowest BCUT2D eigenvalue weighted by Crippen LogP contribution is -2.31. The predicted molar refractivity (Wildman–Crippen MR) is 42.2 cm³/mol. The summed E-state index contributed by atoms with van der Waals surface area (Å²) in [4.78, 5) is 8.48. The largest absolute Gasteiger partial charge is 0.396 e. The summed E-state index contributed by atoms with van der Waals surface area (Å²) >= 11 is 5.63. The zero-order valence-corrected chi connectivity index (χ0v) is 7.17. The molecule has 0 spiro atoms. The van der Waals surface area contributed by atoms with E-state index in [0.29, 0.717) is 6.42 Å². The van der Waals surface area contributed by atoms with Gasteiger partial charge < -0.3 is 5.11 Å². The number of aliphatic hydroxyl groups excluding tert-OH is 1. The Balaban J connectivity index is 3.99. The third kappa shape index (κ3) is 3.03. The highest BCUT2D eigenvalue weighted by atomic mass is 35.5. The zero-order chi connectivity index (χ0) is 8.91. The molecule has 0 aromatic rings. The number of halogens is 1. The molecule has 0 saturated carbocycles. The molecule has 0 aliphatic heterocycles. The van der Waals surface area contributed by atoms with Crippen LogP contribution in [0.3, 0.4) is 0 Å². The molecule has 11 heavy (non-hydrogen) atoms. The van der Waals surface area contributed by atoms with Gasteiger partial charge in [0.15, 0.2) is 0 Å². The Morgan fingerprint density at radius 3 is 2.55 bits per heavy atom. The molecule has 0 amide bonds. The number of rotatable bonds is 5. The fourth-order valence-corrected chi connectivity index (χ4v) is 0.881. The Labute approximate surface area is 70.3 Å². The third-order valence-corrected chi connectivity index (χ3v) is 2.18. The van der Waals surface area contributed by atoms with E-state index in [0.717, 1.165) is 0 Å². The Bertz CT molecular complexity index is 142. The van der Waals surface area contributed by atoms with Crippen LogP contribution in [-0.4, -0.2) is 21.6 Å². The van der Waals surface area contributed by atoms with Crippen LogP contribution >= 0.6 is 11.6 Å². The van der Waals surface area contributed by atoms with Gasteiger partial charge in [-0.05, 0) is 18.0 Å². The molecule has 0 aliphatic carbocycles. The van der Waals surface area contributed by atoms with Crippen LogP contribution in [0.5, 0.6) is 0 Å². The van der Waals surface area contributed by atoms with Gasteiger partial charge in [0.05, 0.1) is 0 Å². The fourth-order valence-electron chi connectivity index (χ4n) is 0.747. The van der Waals surface area contributed by atoms with Crippen molar-refractivity contribution in [3.63, 3.8) is 0 Å². The molecule has 0 bridgehead atoms. The van der Waals surface area contributed by atoms with Crippen molar-refractivity contribution in [2.75, 3.05) is 6.61 Å². The van der Waals surface area contributed by atoms with Crippen molar-refractivity contribution in [3.8, 4) is 0 Å². The minimum Gasteiger partial charge on any atom is -0.396 e. The van der Waals surface area contributed by atoms with Gasteiger partial charge in [0.2, 0.25) is 0 Å². The average Bonchev–Trinajstić information content (AvgIpc) is 2.00. The summed E-state index contributed by atoms with van der Waals surface area (Å²) in [5, 5.41) is 18.8. The SMILES string of the molecule is CCC(Cl)(CCCO)[N+](=O)[O-]. The summed E-state index contributed by atoms with van der Waals surface area (Å²) in [7, 11) is 0. The molecule has 5 heteroatoms.